The molecule has 4 bridgehead atoms. The number of nitrogens with one attached hydrogen (secondary N) is 2. The molecule has 5 rings (SSSR count). The number of rotatable bonds is 6. The minimum atomic E-state index is -0.178. The second kappa shape index (κ2) is 6.39. The van der Waals surface area contributed by atoms with Gasteiger partial charge in [-0.15, -0.1) is 0 Å². The van der Waals surface area contributed by atoms with Crippen molar-refractivity contribution in [3.63, 3.8) is 0 Å². The van der Waals surface area contributed by atoms with E-state index in [2.05, 4.69) is 19.9 Å². The number of para-hydroxylation sites is 1. The van der Waals surface area contributed by atoms with Gasteiger partial charge in [0.25, 0.3) is 0 Å². The Hall–Kier alpha value is -1.30. The molecular weight excluding hydrogens is 328 g/mol. The van der Waals surface area contributed by atoms with Gasteiger partial charge in [-0.05, 0) is 25.0 Å². The number of aliphatic hydroxyl groups is 1. The maximum atomic E-state index is 11.4. The van der Waals surface area contributed by atoms with Gasteiger partial charge in [-0.25, -0.2) is 0 Å². The zero-order chi connectivity index (χ0) is 18.5. The fourth-order valence-electron chi connectivity index (χ4n) is 6.79. The molecule has 0 amide bonds. The number of hydrogen-bond donors (Lipinski definition) is 4. The summed E-state index contributed by atoms with van der Waals surface area (Å²) in [6.07, 6.45) is 4.51. The number of benzene rings is 1. The quantitative estimate of drug-likeness (QED) is 0.583. The van der Waals surface area contributed by atoms with E-state index in [4.69, 9.17) is 4.74 Å². The first-order valence-electron chi connectivity index (χ1n) is 10.2. The Morgan fingerprint density at radius 1 is 1.04 bits per heavy atom. The van der Waals surface area contributed by atoms with Crippen molar-refractivity contribution in [2.75, 3.05) is 33.3 Å². The van der Waals surface area contributed by atoms with Gasteiger partial charge in [0.1, 0.15) is 5.56 Å². The fourth-order valence-corrected chi connectivity index (χ4v) is 6.79. The number of aromatic hydroxyl groups is 1. The molecule has 4 N–H and O–H groups in total. The number of phenols is 1. The molecule has 0 atom stereocenters. The lowest BCUT2D eigenvalue weighted by atomic mass is 9.56. The molecule has 1 aromatic carbocycles. The van der Waals surface area contributed by atoms with Crippen LogP contribution >= 0.6 is 0 Å². The highest BCUT2D eigenvalue weighted by Gasteiger charge is 2.70. The van der Waals surface area contributed by atoms with Crippen LogP contribution in [0, 0.1) is 10.8 Å². The number of hydrogen-bond acceptors (Lipinski definition) is 3. The van der Waals surface area contributed by atoms with Gasteiger partial charge in [0.15, 0.2) is 11.5 Å². The molecule has 26 heavy (non-hydrogen) atoms. The Bertz CT molecular complexity index is 635. The predicted octanol–water partition coefficient (Wildman–Crippen LogP) is 0.144. The normalized spacial score (nSPS) is 40.8. The van der Waals surface area contributed by atoms with Crippen molar-refractivity contribution >= 4 is 0 Å². The smallest absolute Gasteiger partial charge is 0.244 e. The van der Waals surface area contributed by atoms with Crippen molar-refractivity contribution in [3.05, 3.63) is 23.8 Å². The Balaban J connectivity index is 1.74. The highest BCUT2D eigenvalue weighted by molar-refractivity contribution is 5.45. The summed E-state index contributed by atoms with van der Waals surface area (Å²) < 4.78 is 5.35. The van der Waals surface area contributed by atoms with E-state index < -0.39 is 0 Å². The average molecular weight is 363 g/mol. The summed E-state index contributed by atoms with van der Waals surface area (Å²) in [4.78, 5) is 3.07. The van der Waals surface area contributed by atoms with Crippen molar-refractivity contribution in [1.82, 2.24) is 0 Å². The minimum absolute atomic E-state index is 0.0378. The van der Waals surface area contributed by atoms with E-state index in [1.54, 1.807) is 7.11 Å². The number of phenolic OH excluding ortho intramolecular Hbond substituents is 1. The summed E-state index contributed by atoms with van der Waals surface area (Å²) in [5.41, 5.74) is 1.08. The van der Waals surface area contributed by atoms with Gasteiger partial charge in [0.2, 0.25) is 6.17 Å². The molecule has 1 aromatic rings. The topological polar surface area (TPSA) is 58.6 Å². The van der Waals surface area contributed by atoms with E-state index in [-0.39, 0.29) is 23.1 Å². The third-order valence-corrected chi connectivity index (χ3v) is 7.35. The van der Waals surface area contributed by atoms with Gasteiger partial charge < -0.3 is 14.9 Å². The Morgan fingerprint density at radius 2 is 1.58 bits per heavy atom. The lowest BCUT2D eigenvalue weighted by molar-refractivity contribution is -1.19. The number of methoxy groups -OCH3 is 1. The summed E-state index contributed by atoms with van der Waals surface area (Å²) in [6.45, 7) is 8.52. The summed E-state index contributed by atoms with van der Waals surface area (Å²) in [5, 5.41) is 22.1. The fraction of sp³-hybridized carbons (Fsp3) is 0.714. The van der Waals surface area contributed by atoms with Gasteiger partial charge in [0, 0.05) is 0 Å². The second-order valence-electron chi connectivity index (χ2n) is 8.98. The maximum absolute atomic E-state index is 11.4. The van der Waals surface area contributed by atoms with E-state index in [1.807, 2.05) is 12.1 Å². The predicted molar refractivity (Wildman–Crippen MR) is 99.5 cm³/mol. The highest BCUT2D eigenvalue weighted by atomic mass is 16.5. The van der Waals surface area contributed by atoms with Crippen LogP contribution in [0.5, 0.6) is 11.5 Å². The van der Waals surface area contributed by atoms with Gasteiger partial charge in [0.05, 0.1) is 50.2 Å². The first kappa shape index (κ1) is 18.1. The molecule has 144 valence electrons. The van der Waals surface area contributed by atoms with Gasteiger partial charge in [-0.2, -0.15) is 0 Å². The summed E-state index contributed by atoms with van der Waals surface area (Å²) in [6, 6.07) is 5.86. The maximum Gasteiger partial charge on any atom is 0.244 e. The van der Waals surface area contributed by atoms with Gasteiger partial charge in [-0.1, -0.05) is 32.8 Å². The molecule has 0 saturated carbocycles. The van der Waals surface area contributed by atoms with Gasteiger partial charge >= 0.3 is 0 Å². The lowest BCUT2D eigenvalue weighted by Gasteiger charge is -2.64. The Morgan fingerprint density at radius 3 is 2.04 bits per heavy atom. The van der Waals surface area contributed by atoms with Crippen molar-refractivity contribution in [2.24, 2.45) is 10.8 Å². The molecule has 5 nitrogen and oxygen atoms in total. The van der Waals surface area contributed by atoms with Crippen LogP contribution < -0.4 is 14.5 Å². The van der Waals surface area contributed by atoms with E-state index in [1.165, 1.54) is 9.80 Å². The molecule has 0 aromatic heterocycles. The van der Waals surface area contributed by atoms with Crippen LogP contribution in [0.4, 0.5) is 0 Å². The van der Waals surface area contributed by atoms with E-state index in [0.29, 0.717) is 11.5 Å². The van der Waals surface area contributed by atoms with E-state index >= 15 is 0 Å². The Labute approximate surface area is 156 Å². The van der Waals surface area contributed by atoms with Gasteiger partial charge in [-0.3, -0.25) is 9.80 Å². The van der Waals surface area contributed by atoms with Crippen molar-refractivity contribution in [3.8, 4) is 11.5 Å². The van der Waals surface area contributed by atoms with Crippen LogP contribution in [-0.2, 0) is 0 Å². The lowest BCUT2D eigenvalue weighted by Crippen LogP contribution is -3.41. The Kier molecular flexibility index (Phi) is 4.45. The first-order chi connectivity index (χ1) is 12.5. The number of ether oxygens (including phenoxy) is 1. The molecule has 0 radical (unpaired) electrons. The van der Waals surface area contributed by atoms with Crippen LogP contribution in [-0.4, -0.2) is 49.6 Å². The van der Waals surface area contributed by atoms with Crippen LogP contribution in [0.25, 0.3) is 0 Å². The summed E-state index contributed by atoms with van der Waals surface area (Å²) >= 11 is 0. The SMILES string of the molecule is CCCC12C[NH+]3CC(CCC)(C[NH+](C1)C3c1cccc(OC)c1O)C2O. The minimum Gasteiger partial charge on any atom is -0.504 e. The third-order valence-electron chi connectivity index (χ3n) is 7.35. The third kappa shape index (κ3) is 2.40. The van der Waals surface area contributed by atoms with E-state index in [9.17, 15) is 10.2 Å². The molecule has 0 spiro atoms. The zero-order valence-corrected chi connectivity index (χ0v) is 16.3. The largest absolute Gasteiger partial charge is 0.504 e. The molecular formula is C21H34N2O3+2. The number of aliphatic hydroxyl groups excluding tert-OH is 1. The molecule has 4 aliphatic heterocycles. The number of quaternary nitrogens is 2. The zero-order valence-electron chi connectivity index (χ0n) is 16.3. The number of piperidine rings is 2. The molecule has 4 heterocycles. The molecule has 0 unspecified atom stereocenters. The molecule has 0 aliphatic carbocycles. The van der Waals surface area contributed by atoms with E-state index in [0.717, 1.165) is 57.4 Å². The van der Waals surface area contributed by atoms with Crippen molar-refractivity contribution in [2.45, 2.75) is 51.8 Å². The first-order valence-corrected chi connectivity index (χ1v) is 10.2. The highest BCUT2D eigenvalue weighted by Crippen LogP contribution is 2.46. The van der Waals surface area contributed by atoms with Crippen LogP contribution in [0.2, 0.25) is 0 Å². The summed E-state index contributed by atoms with van der Waals surface area (Å²) in [7, 11) is 1.61. The van der Waals surface area contributed by atoms with Crippen molar-refractivity contribution < 1.29 is 24.7 Å². The van der Waals surface area contributed by atoms with Crippen LogP contribution in [0.15, 0.2) is 18.2 Å². The monoisotopic (exact) mass is 362 g/mol. The standard InChI is InChI=1S/C21H32N2O3/c1-4-9-20-11-22-13-21(10-5-2,19(20)25)14-23(12-20)18(22)15-7-6-8-16(26-3)17(15)24/h6-8,18-19,24-25H,4-5,9-14H2,1-3H3/p+2. The molecule has 4 saturated heterocycles. The van der Waals surface area contributed by atoms with Crippen LogP contribution in [0.3, 0.4) is 0 Å². The van der Waals surface area contributed by atoms with Crippen LogP contribution in [0.1, 0.15) is 51.3 Å². The molecule has 5 heteroatoms. The molecule has 4 aliphatic rings. The second-order valence-corrected chi connectivity index (χ2v) is 8.98. The summed E-state index contributed by atoms with van der Waals surface area (Å²) in [5.74, 6) is 0.853. The average Bonchev–Trinajstić information content (AvgIpc) is 2.60. The van der Waals surface area contributed by atoms with Crippen molar-refractivity contribution in [1.29, 1.82) is 0 Å². The molecule has 4 fully saturated rings.